The maximum atomic E-state index is 10.1. The van der Waals surface area contributed by atoms with E-state index >= 15 is 0 Å². The van der Waals surface area contributed by atoms with Gasteiger partial charge in [-0.25, -0.2) is 16.2 Å². The standard InChI is InChI=1S/C7H5N3O2S/c1-8-6-2-3-13-7(6,9-4-11)10-5-12/h6H,2-3H2. The Morgan fingerprint density at radius 2 is 2.08 bits per heavy atom. The van der Waals surface area contributed by atoms with Gasteiger partial charge in [0, 0.05) is 12.2 Å². The molecular weight excluding hydrogens is 190 g/mol. The van der Waals surface area contributed by atoms with Crippen molar-refractivity contribution in [2.45, 2.75) is 17.5 Å². The Hall–Kier alpha value is -1.40. The zero-order chi connectivity index (χ0) is 9.73. The lowest BCUT2D eigenvalue weighted by molar-refractivity contribution is 0.523. The molecule has 1 fully saturated rings. The molecule has 0 N–H and O–H groups in total. The fraction of sp³-hybridized carbons (Fsp3) is 0.571. The molecule has 1 saturated heterocycles. The molecule has 1 aliphatic rings. The lowest BCUT2D eigenvalue weighted by atomic mass is 10.2. The van der Waals surface area contributed by atoms with Gasteiger partial charge in [0.1, 0.15) is 0 Å². The van der Waals surface area contributed by atoms with E-state index in [1.165, 1.54) is 23.9 Å². The van der Waals surface area contributed by atoms with E-state index in [0.29, 0.717) is 12.2 Å². The van der Waals surface area contributed by atoms with Gasteiger partial charge in [-0.3, -0.25) is 0 Å². The predicted octanol–water partition coefficient (Wildman–Crippen LogP) is 0.737. The molecule has 1 heterocycles. The summed E-state index contributed by atoms with van der Waals surface area (Å²) < 4.78 is 0. The first-order chi connectivity index (χ1) is 6.29. The van der Waals surface area contributed by atoms with Crippen LogP contribution in [-0.2, 0) is 9.59 Å². The van der Waals surface area contributed by atoms with Gasteiger partial charge in [0.05, 0.1) is 0 Å². The van der Waals surface area contributed by atoms with Crippen molar-refractivity contribution in [2.24, 2.45) is 9.98 Å². The third kappa shape index (κ3) is 1.68. The molecule has 0 aromatic rings. The second-order valence-corrected chi connectivity index (χ2v) is 3.64. The fourth-order valence-corrected chi connectivity index (χ4v) is 2.33. The molecule has 1 unspecified atom stereocenters. The predicted molar refractivity (Wildman–Crippen MR) is 46.4 cm³/mol. The summed E-state index contributed by atoms with van der Waals surface area (Å²) in [5.74, 6) is 0.656. The molecule has 0 radical (unpaired) electrons. The Morgan fingerprint density at radius 1 is 1.46 bits per heavy atom. The van der Waals surface area contributed by atoms with E-state index in [9.17, 15) is 9.59 Å². The normalized spacial score (nSPS) is 31.2. The highest BCUT2D eigenvalue weighted by atomic mass is 32.2. The Kier molecular flexibility index (Phi) is 2.99. The van der Waals surface area contributed by atoms with Crippen LogP contribution >= 0.6 is 11.8 Å². The van der Waals surface area contributed by atoms with Gasteiger partial charge in [0.2, 0.25) is 12.2 Å². The number of rotatable bonds is 2. The van der Waals surface area contributed by atoms with Crippen LogP contribution in [0.5, 0.6) is 0 Å². The van der Waals surface area contributed by atoms with E-state index in [2.05, 4.69) is 14.8 Å². The first kappa shape index (κ1) is 9.69. The summed E-state index contributed by atoms with van der Waals surface area (Å²) >= 11 is 1.20. The zero-order valence-corrected chi connectivity index (χ0v) is 7.37. The average Bonchev–Trinajstić information content (AvgIpc) is 2.49. The Labute approximate surface area is 78.8 Å². The van der Waals surface area contributed by atoms with E-state index in [0.717, 1.165) is 0 Å². The van der Waals surface area contributed by atoms with Crippen LogP contribution in [0.4, 0.5) is 0 Å². The van der Waals surface area contributed by atoms with Gasteiger partial charge in [0.25, 0.3) is 11.0 Å². The van der Waals surface area contributed by atoms with Crippen molar-refractivity contribution in [1.82, 2.24) is 0 Å². The monoisotopic (exact) mass is 195 g/mol. The molecular formula is C7H5N3O2S. The quantitative estimate of drug-likeness (QED) is 0.371. The number of carbonyl (C=O) groups excluding carboxylic acids is 2. The van der Waals surface area contributed by atoms with Gasteiger partial charge in [0.15, 0.2) is 0 Å². The van der Waals surface area contributed by atoms with Crippen LogP contribution in [0.1, 0.15) is 6.42 Å². The van der Waals surface area contributed by atoms with Gasteiger partial charge in [-0.05, 0) is 0 Å². The van der Waals surface area contributed by atoms with Crippen molar-refractivity contribution in [1.29, 1.82) is 0 Å². The zero-order valence-electron chi connectivity index (χ0n) is 6.56. The van der Waals surface area contributed by atoms with E-state index in [1.54, 1.807) is 0 Å². The number of hydrogen-bond acceptors (Lipinski definition) is 5. The second-order valence-electron chi connectivity index (χ2n) is 2.35. The van der Waals surface area contributed by atoms with Crippen LogP contribution < -0.4 is 0 Å². The first-order valence-electron chi connectivity index (χ1n) is 3.47. The van der Waals surface area contributed by atoms with Gasteiger partial charge in [-0.15, -0.1) is 0 Å². The Balaban J connectivity index is 3.09. The lowest BCUT2D eigenvalue weighted by Gasteiger charge is -2.12. The van der Waals surface area contributed by atoms with Crippen molar-refractivity contribution in [3.05, 3.63) is 11.4 Å². The second kappa shape index (κ2) is 4.01. The molecule has 0 aromatic carbocycles. The van der Waals surface area contributed by atoms with Crippen LogP contribution in [0.15, 0.2) is 9.98 Å². The molecule has 1 aliphatic heterocycles. The molecule has 0 spiro atoms. The van der Waals surface area contributed by atoms with Crippen molar-refractivity contribution in [3.8, 4) is 0 Å². The van der Waals surface area contributed by atoms with Crippen LogP contribution in [0.25, 0.3) is 4.85 Å². The topological polar surface area (TPSA) is 63.2 Å². The average molecular weight is 195 g/mol. The molecule has 6 heteroatoms. The van der Waals surface area contributed by atoms with Crippen molar-refractivity contribution in [3.63, 3.8) is 0 Å². The smallest absolute Gasteiger partial charge is 0.294 e. The number of isocyanates is 2. The minimum atomic E-state index is -1.27. The molecule has 0 saturated carbocycles. The van der Waals surface area contributed by atoms with E-state index in [-0.39, 0.29) is 0 Å². The highest BCUT2D eigenvalue weighted by molar-refractivity contribution is 8.01. The van der Waals surface area contributed by atoms with Crippen molar-refractivity contribution >= 4 is 23.9 Å². The van der Waals surface area contributed by atoms with E-state index in [4.69, 9.17) is 6.57 Å². The minimum Gasteiger partial charge on any atom is -0.308 e. The molecule has 66 valence electrons. The fourth-order valence-electron chi connectivity index (χ4n) is 1.12. The lowest BCUT2D eigenvalue weighted by Crippen LogP contribution is -2.27. The molecule has 13 heavy (non-hydrogen) atoms. The number of nitrogens with zero attached hydrogens (tertiary/aromatic N) is 3. The van der Waals surface area contributed by atoms with Crippen LogP contribution in [0, 0.1) is 6.57 Å². The van der Waals surface area contributed by atoms with Gasteiger partial charge in [-0.1, -0.05) is 11.8 Å². The summed E-state index contributed by atoms with van der Waals surface area (Å²) in [6.45, 7) is 6.84. The van der Waals surface area contributed by atoms with E-state index < -0.39 is 11.0 Å². The maximum absolute atomic E-state index is 10.1. The van der Waals surface area contributed by atoms with Crippen molar-refractivity contribution in [2.75, 3.05) is 5.75 Å². The van der Waals surface area contributed by atoms with Gasteiger partial charge < -0.3 is 4.85 Å². The summed E-state index contributed by atoms with van der Waals surface area (Å²) in [6.07, 6.45) is 3.25. The highest BCUT2D eigenvalue weighted by Crippen LogP contribution is 2.42. The highest BCUT2D eigenvalue weighted by Gasteiger charge is 2.50. The third-order valence-electron chi connectivity index (χ3n) is 1.71. The molecule has 1 atom stereocenters. The molecule has 0 bridgehead atoms. The SMILES string of the molecule is [C-]#[N+]C1CCSC1(N=C=O)N=C=O. The van der Waals surface area contributed by atoms with Crippen LogP contribution in [0.3, 0.4) is 0 Å². The largest absolute Gasteiger partial charge is 0.308 e. The van der Waals surface area contributed by atoms with Crippen molar-refractivity contribution < 1.29 is 9.59 Å². The van der Waals surface area contributed by atoms with Crippen LogP contribution in [0.2, 0.25) is 0 Å². The third-order valence-corrected chi connectivity index (χ3v) is 3.03. The first-order valence-corrected chi connectivity index (χ1v) is 4.46. The Morgan fingerprint density at radius 3 is 2.54 bits per heavy atom. The molecule has 0 aliphatic carbocycles. The molecule has 5 nitrogen and oxygen atoms in total. The molecule has 0 aromatic heterocycles. The van der Waals surface area contributed by atoms with Crippen LogP contribution in [-0.4, -0.2) is 28.9 Å². The molecule has 0 amide bonds. The van der Waals surface area contributed by atoms with Gasteiger partial charge >= 0.3 is 0 Å². The summed E-state index contributed by atoms with van der Waals surface area (Å²) in [4.78, 5) is 29.0. The number of aliphatic imine (C=N–C) groups is 2. The summed E-state index contributed by atoms with van der Waals surface area (Å²) in [7, 11) is 0. The number of hydrogen-bond donors (Lipinski definition) is 0. The summed E-state index contributed by atoms with van der Waals surface area (Å²) in [5.41, 5.74) is 0. The van der Waals surface area contributed by atoms with Gasteiger partial charge in [-0.2, -0.15) is 9.98 Å². The summed E-state index contributed by atoms with van der Waals surface area (Å²) in [5, 5.41) is 0. The summed E-state index contributed by atoms with van der Waals surface area (Å²) in [6, 6.07) is -0.555. The molecule has 1 rings (SSSR count). The number of thioether (sulfide) groups is 1. The maximum Gasteiger partial charge on any atom is 0.294 e. The minimum absolute atomic E-state index is 0.555. The Bertz CT molecular complexity index is 318. The van der Waals surface area contributed by atoms with E-state index in [1.807, 2.05) is 0 Å².